The van der Waals surface area contributed by atoms with E-state index in [9.17, 15) is 4.79 Å². The zero-order valence-electron chi connectivity index (χ0n) is 13.6. The summed E-state index contributed by atoms with van der Waals surface area (Å²) in [6, 6.07) is 12.4. The lowest BCUT2D eigenvalue weighted by atomic mass is 10.3. The number of pyridine rings is 1. The first kappa shape index (κ1) is 16.4. The fourth-order valence-electron chi connectivity index (χ4n) is 2.12. The van der Waals surface area contributed by atoms with Crippen molar-refractivity contribution < 1.29 is 9.53 Å². The minimum Gasteiger partial charge on any atom is -0.497 e. The van der Waals surface area contributed by atoms with Gasteiger partial charge in [-0.25, -0.2) is 9.97 Å². The Balaban J connectivity index is 1.64. The average Bonchev–Trinajstić information content (AvgIpc) is 2.68. The molecule has 7 heteroatoms. The molecule has 0 atom stereocenters. The largest absolute Gasteiger partial charge is 0.497 e. The maximum Gasteiger partial charge on any atom is 0.274 e. The van der Waals surface area contributed by atoms with Gasteiger partial charge < -0.3 is 15.4 Å². The predicted molar refractivity (Wildman–Crippen MR) is 94.5 cm³/mol. The van der Waals surface area contributed by atoms with Crippen molar-refractivity contribution in [3.63, 3.8) is 0 Å². The number of rotatable bonds is 6. The lowest BCUT2D eigenvalue weighted by Crippen LogP contribution is -2.15. The number of carbonyl (C=O) groups is 1. The molecule has 7 nitrogen and oxygen atoms in total. The standard InChI is InChI=1S/C18H17N5O2/c1-25-15-6-4-14(5-7-15)22-17(24)16-8-10-20-18(23-16)21-12-13-3-2-9-19-11-13/h2-11H,12H2,1H3,(H,22,24)(H,20,21,23). The third-order valence-electron chi connectivity index (χ3n) is 3.41. The van der Waals surface area contributed by atoms with E-state index in [1.165, 1.54) is 0 Å². The fraction of sp³-hybridized carbons (Fsp3) is 0.111. The van der Waals surface area contributed by atoms with Gasteiger partial charge in [0.2, 0.25) is 5.95 Å². The summed E-state index contributed by atoms with van der Waals surface area (Å²) in [6.07, 6.45) is 5.01. The molecule has 3 aromatic rings. The van der Waals surface area contributed by atoms with Crippen molar-refractivity contribution in [3.8, 4) is 5.75 Å². The van der Waals surface area contributed by atoms with Gasteiger partial charge in [-0.15, -0.1) is 0 Å². The van der Waals surface area contributed by atoms with Crippen molar-refractivity contribution >= 4 is 17.5 Å². The summed E-state index contributed by atoms with van der Waals surface area (Å²) in [5.74, 6) is 0.796. The highest BCUT2D eigenvalue weighted by molar-refractivity contribution is 6.02. The van der Waals surface area contributed by atoms with Gasteiger partial charge in [0.25, 0.3) is 5.91 Å². The molecule has 3 rings (SSSR count). The molecule has 0 unspecified atom stereocenters. The quantitative estimate of drug-likeness (QED) is 0.720. The molecule has 1 aromatic carbocycles. The molecule has 0 saturated carbocycles. The van der Waals surface area contributed by atoms with Crippen LogP contribution >= 0.6 is 0 Å². The van der Waals surface area contributed by atoms with Crippen LogP contribution in [0.15, 0.2) is 61.1 Å². The van der Waals surface area contributed by atoms with Crippen LogP contribution in [0.1, 0.15) is 16.1 Å². The molecule has 0 bridgehead atoms. The van der Waals surface area contributed by atoms with E-state index in [2.05, 4.69) is 25.6 Å². The Kier molecular flexibility index (Phi) is 5.16. The van der Waals surface area contributed by atoms with Gasteiger partial charge in [0.05, 0.1) is 7.11 Å². The number of nitrogens with zero attached hydrogens (tertiary/aromatic N) is 3. The van der Waals surface area contributed by atoms with Gasteiger partial charge in [-0.3, -0.25) is 9.78 Å². The van der Waals surface area contributed by atoms with Gasteiger partial charge >= 0.3 is 0 Å². The molecular formula is C18H17N5O2. The van der Waals surface area contributed by atoms with Crippen molar-refractivity contribution in [1.29, 1.82) is 0 Å². The van der Waals surface area contributed by atoms with Gasteiger partial charge in [0.1, 0.15) is 11.4 Å². The second-order valence-corrected chi connectivity index (χ2v) is 5.16. The maximum absolute atomic E-state index is 12.3. The van der Waals surface area contributed by atoms with Crippen LogP contribution in [0.3, 0.4) is 0 Å². The van der Waals surface area contributed by atoms with Crippen molar-refractivity contribution in [2.75, 3.05) is 17.7 Å². The zero-order chi connectivity index (χ0) is 17.5. The van der Waals surface area contributed by atoms with Gasteiger partial charge in [0, 0.05) is 30.8 Å². The van der Waals surface area contributed by atoms with Gasteiger partial charge in [0.15, 0.2) is 0 Å². The first-order valence-corrected chi connectivity index (χ1v) is 7.66. The number of benzene rings is 1. The van der Waals surface area contributed by atoms with E-state index >= 15 is 0 Å². The van der Waals surface area contributed by atoms with Crippen molar-refractivity contribution in [2.24, 2.45) is 0 Å². The molecule has 0 spiro atoms. The molecule has 0 aliphatic heterocycles. The lowest BCUT2D eigenvalue weighted by molar-refractivity contribution is 0.102. The van der Waals surface area contributed by atoms with E-state index in [1.807, 2.05) is 12.1 Å². The first-order valence-electron chi connectivity index (χ1n) is 7.66. The molecule has 1 amide bonds. The number of methoxy groups -OCH3 is 1. The van der Waals surface area contributed by atoms with Crippen LogP contribution in [0, 0.1) is 0 Å². The molecule has 25 heavy (non-hydrogen) atoms. The van der Waals surface area contributed by atoms with Crippen LogP contribution < -0.4 is 15.4 Å². The number of hydrogen-bond acceptors (Lipinski definition) is 6. The molecule has 126 valence electrons. The first-order chi connectivity index (χ1) is 12.2. The summed E-state index contributed by atoms with van der Waals surface area (Å²) in [5, 5.41) is 5.86. The van der Waals surface area contributed by atoms with Crippen LogP contribution in [0.25, 0.3) is 0 Å². The zero-order valence-corrected chi connectivity index (χ0v) is 13.6. The van der Waals surface area contributed by atoms with Gasteiger partial charge in [-0.05, 0) is 42.0 Å². The Labute approximate surface area is 145 Å². The molecule has 2 N–H and O–H groups in total. The summed E-state index contributed by atoms with van der Waals surface area (Å²) in [7, 11) is 1.59. The van der Waals surface area contributed by atoms with Gasteiger partial charge in [-0.1, -0.05) is 6.07 Å². The molecule has 0 aliphatic rings. The van der Waals surface area contributed by atoms with E-state index in [0.29, 0.717) is 18.2 Å². The summed E-state index contributed by atoms with van der Waals surface area (Å²) in [4.78, 5) is 24.7. The minimum absolute atomic E-state index is 0.277. The molecule has 0 fully saturated rings. The van der Waals surface area contributed by atoms with E-state index in [-0.39, 0.29) is 11.6 Å². The highest BCUT2D eigenvalue weighted by atomic mass is 16.5. The Bertz CT molecular complexity index is 838. The number of nitrogens with one attached hydrogen (secondary N) is 2. The van der Waals surface area contributed by atoms with Crippen LogP contribution in [-0.2, 0) is 6.54 Å². The number of anilines is 2. The number of ether oxygens (including phenoxy) is 1. The maximum atomic E-state index is 12.3. The normalized spacial score (nSPS) is 10.1. The lowest BCUT2D eigenvalue weighted by Gasteiger charge is -2.08. The molecule has 0 saturated heterocycles. The van der Waals surface area contributed by atoms with E-state index < -0.39 is 0 Å². The molecule has 0 aliphatic carbocycles. The summed E-state index contributed by atoms with van der Waals surface area (Å²) in [5.41, 5.74) is 1.94. The van der Waals surface area contributed by atoms with Crippen LogP contribution in [0.2, 0.25) is 0 Å². The fourth-order valence-corrected chi connectivity index (χ4v) is 2.12. The van der Waals surface area contributed by atoms with Crippen molar-refractivity contribution in [2.45, 2.75) is 6.54 Å². The average molecular weight is 335 g/mol. The number of carbonyl (C=O) groups excluding carboxylic acids is 1. The van der Waals surface area contributed by atoms with E-state index in [1.54, 1.807) is 56.0 Å². The highest BCUT2D eigenvalue weighted by Crippen LogP contribution is 2.15. The summed E-state index contributed by atoms with van der Waals surface area (Å²) < 4.78 is 5.09. The SMILES string of the molecule is COc1ccc(NC(=O)c2ccnc(NCc3cccnc3)n2)cc1. The van der Waals surface area contributed by atoms with Crippen LogP contribution in [0.5, 0.6) is 5.75 Å². The van der Waals surface area contributed by atoms with Gasteiger partial charge in [-0.2, -0.15) is 0 Å². The molecule has 2 aromatic heterocycles. The summed E-state index contributed by atoms with van der Waals surface area (Å²) in [6.45, 7) is 0.525. The Morgan fingerprint density at radius 1 is 1.12 bits per heavy atom. The van der Waals surface area contributed by atoms with Crippen LogP contribution in [0.4, 0.5) is 11.6 Å². The molecule has 2 heterocycles. The van der Waals surface area contributed by atoms with Crippen molar-refractivity contribution in [3.05, 3.63) is 72.3 Å². The minimum atomic E-state index is -0.308. The van der Waals surface area contributed by atoms with Crippen LogP contribution in [-0.4, -0.2) is 28.0 Å². The second-order valence-electron chi connectivity index (χ2n) is 5.16. The highest BCUT2D eigenvalue weighted by Gasteiger charge is 2.09. The molecule has 0 radical (unpaired) electrons. The van der Waals surface area contributed by atoms with E-state index in [4.69, 9.17) is 4.74 Å². The number of hydrogen-bond donors (Lipinski definition) is 2. The predicted octanol–water partition coefficient (Wildman–Crippen LogP) is 2.74. The number of amides is 1. The number of aromatic nitrogens is 3. The monoisotopic (exact) mass is 335 g/mol. The smallest absolute Gasteiger partial charge is 0.274 e. The van der Waals surface area contributed by atoms with E-state index in [0.717, 1.165) is 11.3 Å². The summed E-state index contributed by atoms with van der Waals surface area (Å²) >= 11 is 0. The Morgan fingerprint density at radius 2 is 1.96 bits per heavy atom. The second kappa shape index (κ2) is 7.87. The topological polar surface area (TPSA) is 89.0 Å². The Hall–Kier alpha value is -3.48. The van der Waals surface area contributed by atoms with Crippen molar-refractivity contribution in [1.82, 2.24) is 15.0 Å². The Morgan fingerprint density at radius 3 is 2.68 bits per heavy atom. The third-order valence-corrected chi connectivity index (χ3v) is 3.41. The third kappa shape index (κ3) is 4.51. The molecular weight excluding hydrogens is 318 g/mol.